The minimum absolute atomic E-state index is 0. The van der Waals surface area contributed by atoms with E-state index in [4.69, 9.17) is 5.73 Å². The molecule has 0 aromatic carbocycles. The Hall–Kier alpha value is -0.280. The normalized spacial score (nSPS) is 18.9. The summed E-state index contributed by atoms with van der Waals surface area (Å²) in [5.74, 6) is 1.46. The van der Waals surface area contributed by atoms with Crippen molar-refractivity contribution in [3.63, 3.8) is 0 Å². The van der Waals surface area contributed by atoms with Gasteiger partial charge < -0.3 is 11.1 Å². The Bertz CT molecular complexity index is 278. The standard InChI is InChI=1S/C17H34N2O.ClH/c1-13(2)8-7-9-14(3)19-17(20)16(18)12-15-10-5-4-6-11-15;/h13-16H,4-12,18H2,1-3H3,(H,19,20);1H/t14?,16-;/m1./s1. The second-order valence-corrected chi connectivity index (χ2v) is 7.08. The Morgan fingerprint density at radius 2 is 1.76 bits per heavy atom. The fourth-order valence-electron chi connectivity index (χ4n) is 3.14. The molecule has 0 saturated heterocycles. The number of rotatable bonds is 8. The van der Waals surface area contributed by atoms with E-state index in [0.29, 0.717) is 5.92 Å². The van der Waals surface area contributed by atoms with Gasteiger partial charge in [0.15, 0.2) is 0 Å². The zero-order valence-electron chi connectivity index (χ0n) is 14.1. The highest BCUT2D eigenvalue weighted by molar-refractivity contribution is 5.85. The van der Waals surface area contributed by atoms with Crippen molar-refractivity contribution in [3.05, 3.63) is 0 Å². The molecule has 0 aliphatic heterocycles. The van der Waals surface area contributed by atoms with Crippen molar-refractivity contribution in [3.8, 4) is 0 Å². The highest BCUT2D eigenvalue weighted by Crippen LogP contribution is 2.26. The maximum atomic E-state index is 12.1. The molecular weight excluding hydrogens is 284 g/mol. The predicted molar refractivity (Wildman–Crippen MR) is 92.7 cm³/mol. The highest BCUT2D eigenvalue weighted by atomic mass is 35.5. The molecule has 0 bridgehead atoms. The van der Waals surface area contributed by atoms with Gasteiger partial charge in [-0.25, -0.2) is 0 Å². The fourth-order valence-corrected chi connectivity index (χ4v) is 3.14. The van der Waals surface area contributed by atoms with Crippen LogP contribution in [-0.2, 0) is 4.79 Å². The van der Waals surface area contributed by atoms with E-state index in [-0.39, 0.29) is 30.4 Å². The number of nitrogens with one attached hydrogen (secondary N) is 1. The molecule has 1 rings (SSSR count). The molecule has 21 heavy (non-hydrogen) atoms. The number of nitrogens with two attached hydrogens (primary N) is 1. The summed E-state index contributed by atoms with van der Waals surface area (Å²) in [6.07, 6.45) is 10.8. The van der Waals surface area contributed by atoms with Gasteiger partial charge in [0.05, 0.1) is 6.04 Å². The van der Waals surface area contributed by atoms with Gasteiger partial charge in [0, 0.05) is 6.04 Å². The van der Waals surface area contributed by atoms with Gasteiger partial charge in [-0.1, -0.05) is 58.8 Å². The number of carbonyl (C=O) groups is 1. The Balaban J connectivity index is 0.00000400. The van der Waals surface area contributed by atoms with Crippen LogP contribution in [0.4, 0.5) is 0 Å². The number of carbonyl (C=O) groups excluding carboxylic acids is 1. The molecular formula is C17H35ClN2O. The zero-order chi connectivity index (χ0) is 15.0. The molecule has 3 nitrogen and oxygen atoms in total. The van der Waals surface area contributed by atoms with Gasteiger partial charge in [-0.3, -0.25) is 4.79 Å². The van der Waals surface area contributed by atoms with Gasteiger partial charge in [-0.2, -0.15) is 0 Å². The first-order chi connectivity index (χ1) is 9.49. The molecule has 1 amide bonds. The summed E-state index contributed by atoms with van der Waals surface area (Å²) < 4.78 is 0. The van der Waals surface area contributed by atoms with Crippen molar-refractivity contribution in [2.45, 2.75) is 90.6 Å². The molecule has 1 saturated carbocycles. The van der Waals surface area contributed by atoms with Crippen LogP contribution in [-0.4, -0.2) is 18.0 Å². The van der Waals surface area contributed by atoms with Crippen LogP contribution in [0.3, 0.4) is 0 Å². The highest BCUT2D eigenvalue weighted by Gasteiger charge is 2.22. The van der Waals surface area contributed by atoms with E-state index in [0.717, 1.165) is 18.8 Å². The van der Waals surface area contributed by atoms with Crippen LogP contribution < -0.4 is 11.1 Å². The summed E-state index contributed by atoms with van der Waals surface area (Å²) in [4.78, 5) is 12.1. The third-order valence-corrected chi connectivity index (χ3v) is 4.46. The van der Waals surface area contributed by atoms with E-state index in [1.54, 1.807) is 0 Å². The molecule has 3 N–H and O–H groups in total. The number of hydrogen-bond donors (Lipinski definition) is 2. The summed E-state index contributed by atoms with van der Waals surface area (Å²) in [6.45, 7) is 6.57. The molecule has 0 aromatic rings. The SMILES string of the molecule is CC(C)CCCC(C)NC(=O)[C@H](N)CC1CCCCC1.Cl. The molecule has 1 aliphatic carbocycles. The molecule has 4 heteroatoms. The number of amides is 1. The van der Waals surface area contributed by atoms with E-state index in [1.807, 2.05) is 0 Å². The molecule has 0 heterocycles. The van der Waals surface area contributed by atoms with Crippen LogP contribution in [0, 0.1) is 11.8 Å². The van der Waals surface area contributed by atoms with E-state index >= 15 is 0 Å². The number of hydrogen-bond acceptors (Lipinski definition) is 2. The Morgan fingerprint density at radius 3 is 2.33 bits per heavy atom. The van der Waals surface area contributed by atoms with Gasteiger partial charge in [-0.05, 0) is 31.6 Å². The van der Waals surface area contributed by atoms with Gasteiger partial charge in [-0.15, -0.1) is 12.4 Å². The second kappa shape index (κ2) is 11.3. The minimum Gasteiger partial charge on any atom is -0.352 e. The molecule has 0 aromatic heterocycles. The van der Waals surface area contributed by atoms with Gasteiger partial charge in [0.1, 0.15) is 0 Å². The Labute approximate surface area is 137 Å². The van der Waals surface area contributed by atoms with Crippen molar-refractivity contribution < 1.29 is 4.79 Å². The van der Waals surface area contributed by atoms with Gasteiger partial charge in [0.25, 0.3) is 0 Å². The van der Waals surface area contributed by atoms with E-state index in [9.17, 15) is 4.79 Å². The van der Waals surface area contributed by atoms with Crippen LogP contribution in [0.15, 0.2) is 0 Å². The maximum Gasteiger partial charge on any atom is 0.237 e. The molecule has 1 aliphatic rings. The lowest BCUT2D eigenvalue weighted by Gasteiger charge is -2.25. The van der Waals surface area contributed by atoms with Crippen molar-refractivity contribution in [1.82, 2.24) is 5.32 Å². The van der Waals surface area contributed by atoms with Crippen LogP contribution in [0.2, 0.25) is 0 Å². The average molecular weight is 319 g/mol. The zero-order valence-corrected chi connectivity index (χ0v) is 14.9. The van der Waals surface area contributed by atoms with E-state index in [2.05, 4.69) is 26.1 Å². The van der Waals surface area contributed by atoms with Crippen LogP contribution in [0.5, 0.6) is 0 Å². The fraction of sp³-hybridized carbons (Fsp3) is 0.941. The summed E-state index contributed by atoms with van der Waals surface area (Å²) in [6, 6.07) is -0.0655. The molecule has 1 fully saturated rings. The molecule has 0 spiro atoms. The van der Waals surface area contributed by atoms with Gasteiger partial charge >= 0.3 is 0 Å². The Morgan fingerprint density at radius 1 is 1.14 bits per heavy atom. The van der Waals surface area contributed by atoms with Crippen molar-refractivity contribution in [1.29, 1.82) is 0 Å². The predicted octanol–water partition coefficient (Wildman–Crippen LogP) is 4.04. The van der Waals surface area contributed by atoms with Crippen molar-refractivity contribution in [2.24, 2.45) is 17.6 Å². The number of halogens is 1. The topological polar surface area (TPSA) is 55.1 Å². The summed E-state index contributed by atoms with van der Waals surface area (Å²) in [5, 5.41) is 3.08. The third-order valence-electron chi connectivity index (χ3n) is 4.46. The quantitative estimate of drug-likeness (QED) is 0.709. The van der Waals surface area contributed by atoms with E-state index < -0.39 is 0 Å². The largest absolute Gasteiger partial charge is 0.352 e. The molecule has 0 radical (unpaired) electrons. The summed E-state index contributed by atoms with van der Waals surface area (Å²) in [7, 11) is 0. The van der Waals surface area contributed by atoms with E-state index in [1.165, 1.54) is 44.9 Å². The van der Waals surface area contributed by atoms with Crippen LogP contribution >= 0.6 is 12.4 Å². The van der Waals surface area contributed by atoms with Crippen molar-refractivity contribution >= 4 is 18.3 Å². The second-order valence-electron chi connectivity index (χ2n) is 7.08. The first-order valence-electron chi connectivity index (χ1n) is 8.55. The lowest BCUT2D eigenvalue weighted by Crippen LogP contribution is -2.45. The average Bonchev–Trinajstić information content (AvgIpc) is 2.39. The lowest BCUT2D eigenvalue weighted by atomic mass is 9.85. The monoisotopic (exact) mass is 318 g/mol. The molecule has 126 valence electrons. The first kappa shape index (κ1) is 20.7. The van der Waals surface area contributed by atoms with Gasteiger partial charge in [0.2, 0.25) is 5.91 Å². The molecule has 1 unspecified atom stereocenters. The summed E-state index contributed by atoms with van der Waals surface area (Å²) in [5.41, 5.74) is 6.06. The minimum atomic E-state index is -0.314. The Kier molecular flexibility index (Phi) is 11.2. The van der Waals surface area contributed by atoms with Crippen LogP contribution in [0.1, 0.15) is 78.6 Å². The third kappa shape index (κ3) is 9.36. The smallest absolute Gasteiger partial charge is 0.237 e. The van der Waals surface area contributed by atoms with Crippen LogP contribution in [0.25, 0.3) is 0 Å². The summed E-state index contributed by atoms with van der Waals surface area (Å²) >= 11 is 0. The maximum absolute atomic E-state index is 12.1. The van der Waals surface area contributed by atoms with Crippen molar-refractivity contribution in [2.75, 3.05) is 0 Å². The first-order valence-corrected chi connectivity index (χ1v) is 8.55. The molecule has 2 atom stereocenters. The lowest BCUT2D eigenvalue weighted by molar-refractivity contribution is -0.123.